The SMILES string of the molecule is Cc1ccc(-n2c(CN3CCN(C(=O)Nc4ccc(F)cc4F)CC3)nc3cccnc32)cc1. The number of carbonyl (C=O) groups excluding carboxylic acids is 1. The minimum atomic E-state index is -0.796. The summed E-state index contributed by atoms with van der Waals surface area (Å²) >= 11 is 0. The van der Waals surface area contributed by atoms with Crippen LogP contribution in [0.3, 0.4) is 0 Å². The van der Waals surface area contributed by atoms with E-state index in [4.69, 9.17) is 4.98 Å². The van der Waals surface area contributed by atoms with Crippen LogP contribution in [-0.2, 0) is 6.54 Å². The van der Waals surface area contributed by atoms with Crippen LogP contribution < -0.4 is 5.32 Å². The Morgan fingerprint density at radius 1 is 1.03 bits per heavy atom. The van der Waals surface area contributed by atoms with Crippen molar-refractivity contribution >= 4 is 22.9 Å². The number of anilines is 1. The third-order valence-corrected chi connectivity index (χ3v) is 5.97. The number of nitrogens with one attached hydrogen (secondary N) is 1. The molecule has 0 saturated carbocycles. The van der Waals surface area contributed by atoms with E-state index in [2.05, 4.69) is 51.0 Å². The molecule has 0 unspecified atom stereocenters. The number of urea groups is 1. The van der Waals surface area contributed by atoms with Crippen molar-refractivity contribution in [3.63, 3.8) is 0 Å². The lowest BCUT2D eigenvalue weighted by Crippen LogP contribution is -2.49. The summed E-state index contributed by atoms with van der Waals surface area (Å²) in [5, 5.41) is 2.53. The van der Waals surface area contributed by atoms with Gasteiger partial charge in [0.1, 0.15) is 23.0 Å². The summed E-state index contributed by atoms with van der Waals surface area (Å²) in [6.07, 6.45) is 1.76. The Morgan fingerprint density at radius 3 is 2.53 bits per heavy atom. The van der Waals surface area contributed by atoms with E-state index in [9.17, 15) is 13.6 Å². The quantitative estimate of drug-likeness (QED) is 0.490. The van der Waals surface area contributed by atoms with Crippen molar-refractivity contribution in [3.05, 3.63) is 83.8 Å². The third-order valence-electron chi connectivity index (χ3n) is 5.97. The molecule has 1 aliphatic heterocycles. The number of nitrogens with zero attached hydrogens (tertiary/aromatic N) is 5. The number of hydrogen-bond acceptors (Lipinski definition) is 4. The second-order valence-corrected chi connectivity index (χ2v) is 8.36. The Balaban J connectivity index is 1.28. The summed E-state index contributed by atoms with van der Waals surface area (Å²) in [7, 11) is 0. The molecule has 174 valence electrons. The molecule has 5 rings (SSSR count). The zero-order chi connectivity index (χ0) is 23.7. The minimum absolute atomic E-state index is 0.0341. The van der Waals surface area contributed by atoms with Crippen LogP contribution >= 0.6 is 0 Å². The Morgan fingerprint density at radius 2 is 1.79 bits per heavy atom. The van der Waals surface area contributed by atoms with Crippen LogP contribution in [0.5, 0.6) is 0 Å². The molecule has 0 bridgehead atoms. The number of carbonyl (C=O) groups is 1. The van der Waals surface area contributed by atoms with Crippen molar-refractivity contribution in [1.82, 2.24) is 24.3 Å². The predicted octanol–water partition coefficient (Wildman–Crippen LogP) is 4.36. The highest BCUT2D eigenvalue weighted by Gasteiger charge is 2.24. The van der Waals surface area contributed by atoms with E-state index in [1.807, 2.05) is 12.1 Å². The van der Waals surface area contributed by atoms with Crippen LogP contribution in [-0.4, -0.2) is 56.5 Å². The maximum atomic E-state index is 13.9. The Hall–Kier alpha value is -3.85. The second-order valence-electron chi connectivity index (χ2n) is 8.36. The van der Waals surface area contributed by atoms with Crippen LogP contribution in [0.4, 0.5) is 19.3 Å². The Kier molecular flexibility index (Phi) is 5.93. The number of rotatable bonds is 4. The van der Waals surface area contributed by atoms with Gasteiger partial charge in [-0.25, -0.2) is 23.5 Å². The highest BCUT2D eigenvalue weighted by molar-refractivity contribution is 5.89. The fourth-order valence-electron chi connectivity index (χ4n) is 4.12. The summed E-state index contributed by atoms with van der Waals surface area (Å²) in [5.41, 5.74) is 3.78. The molecular formula is C25H24F2N6O. The molecule has 0 radical (unpaired) electrons. The number of halogens is 2. The monoisotopic (exact) mass is 462 g/mol. The topological polar surface area (TPSA) is 66.3 Å². The van der Waals surface area contributed by atoms with E-state index in [1.54, 1.807) is 11.1 Å². The first-order valence-electron chi connectivity index (χ1n) is 11.1. The molecule has 0 aliphatic carbocycles. The Bertz CT molecular complexity index is 1330. The zero-order valence-corrected chi connectivity index (χ0v) is 18.7. The number of piperazine rings is 1. The average Bonchev–Trinajstić information content (AvgIpc) is 3.19. The largest absolute Gasteiger partial charge is 0.322 e. The van der Waals surface area contributed by atoms with Gasteiger partial charge >= 0.3 is 6.03 Å². The van der Waals surface area contributed by atoms with Crippen molar-refractivity contribution in [2.24, 2.45) is 0 Å². The lowest BCUT2D eigenvalue weighted by Gasteiger charge is -2.34. The zero-order valence-electron chi connectivity index (χ0n) is 18.7. The number of hydrogen-bond donors (Lipinski definition) is 1. The number of aryl methyl sites for hydroxylation is 1. The van der Waals surface area contributed by atoms with Gasteiger partial charge in [-0.15, -0.1) is 0 Å². The van der Waals surface area contributed by atoms with Crippen LogP contribution in [0.2, 0.25) is 0 Å². The van der Waals surface area contributed by atoms with Crippen molar-refractivity contribution in [1.29, 1.82) is 0 Å². The number of aromatic nitrogens is 3. The van der Waals surface area contributed by atoms with E-state index in [0.717, 1.165) is 34.8 Å². The van der Waals surface area contributed by atoms with Gasteiger partial charge in [-0.1, -0.05) is 17.7 Å². The van der Waals surface area contributed by atoms with Crippen molar-refractivity contribution in [3.8, 4) is 5.69 Å². The van der Waals surface area contributed by atoms with Crippen LogP contribution in [0.25, 0.3) is 16.9 Å². The minimum Gasteiger partial charge on any atom is -0.322 e. The predicted molar refractivity (Wildman–Crippen MR) is 126 cm³/mol. The summed E-state index contributed by atoms with van der Waals surface area (Å²) in [6, 6.07) is 14.8. The molecule has 7 nitrogen and oxygen atoms in total. The fraction of sp³-hybridized carbons (Fsp3) is 0.240. The number of imidazole rings is 1. The summed E-state index contributed by atoms with van der Waals surface area (Å²) < 4.78 is 29.1. The molecular weight excluding hydrogens is 438 g/mol. The molecule has 1 fully saturated rings. The van der Waals surface area contributed by atoms with E-state index in [1.165, 1.54) is 11.6 Å². The van der Waals surface area contributed by atoms with Gasteiger partial charge in [0, 0.05) is 44.1 Å². The normalized spacial score (nSPS) is 14.5. The van der Waals surface area contributed by atoms with Crippen molar-refractivity contribution < 1.29 is 13.6 Å². The van der Waals surface area contributed by atoms with Crippen LogP contribution in [0.15, 0.2) is 60.8 Å². The lowest BCUT2D eigenvalue weighted by atomic mass is 10.2. The molecule has 2 aromatic carbocycles. The first-order chi connectivity index (χ1) is 16.5. The number of benzene rings is 2. The van der Waals surface area contributed by atoms with Crippen LogP contribution in [0.1, 0.15) is 11.4 Å². The van der Waals surface area contributed by atoms with Gasteiger partial charge in [-0.2, -0.15) is 0 Å². The smallest absolute Gasteiger partial charge is 0.322 e. The first-order valence-corrected chi connectivity index (χ1v) is 11.1. The number of fused-ring (bicyclic) bond motifs is 1. The molecule has 1 aliphatic rings. The fourth-order valence-corrected chi connectivity index (χ4v) is 4.12. The van der Waals surface area contributed by atoms with Crippen molar-refractivity contribution in [2.45, 2.75) is 13.5 Å². The van der Waals surface area contributed by atoms with E-state index < -0.39 is 17.7 Å². The standard InChI is InChI=1S/C25H24F2N6O/c1-17-4-7-19(8-5-17)33-23(29-22-3-2-10-28-24(22)33)16-31-11-13-32(14-12-31)25(34)30-21-9-6-18(26)15-20(21)27/h2-10,15H,11-14,16H2,1H3,(H,30,34). The molecule has 2 aromatic heterocycles. The molecule has 2 amide bonds. The van der Waals surface area contributed by atoms with E-state index in [0.29, 0.717) is 32.7 Å². The molecule has 1 saturated heterocycles. The summed E-state index contributed by atoms with van der Waals surface area (Å²) in [6.45, 7) is 4.91. The number of amides is 2. The molecule has 34 heavy (non-hydrogen) atoms. The van der Waals surface area contributed by atoms with Gasteiger partial charge < -0.3 is 10.2 Å². The van der Waals surface area contributed by atoms with E-state index >= 15 is 0 Å². The molecule has 0 atom stereocenters. The first kappa shape index (κ1) is 22.0. The van der Waals surface area contributed by atoms with Crippen molar-refractivity contribution in [2.75, 3.05) is 31.5 Å². The summed E-state index contributed by atoms with van der Waals surface area (Å²) in [4.78, 5) is 25.8. The van der Waals surface area contributed by atoms with Gasteiger partial charge in [0.15, 0.2) is 5.65 Å². The second kappa shape index (κ2) is 9.18. The number of pyridine rings is 1. The van der Waals surface area contributed by atoms with Gasteiger partial charge in [-0.05, 0) is 43.3 Å². The molecule has 3 heterocycles. The Labute approximate surface area is 195 Å². The third kappa shape index (κ3) is 4.47. The molecule has 1 N–H and O–H groups in total. The van der Waals surface area contributed by atoms with Crippen LogP contribution in [0, 0.1) is 18.6 Å². The van der Waals surface area contributed by atoms with Gasteiger partial charge in [0.25, 0.3) is 0 Å². The molecule has 4 aromatic rings. The van der Waals surface area contributed by atoms with Gasteiger partial charge in [0.05, 0.1) is 12.2 Å². The lowest BCUT2D eigenvalue weighted by molar-refractivity contribution is 0.140. The molecule has 0 spiro atoms. The maximum Gasteiger partial charge on any atom is 0.322 e. The molecule has 9 heteroatoms. The average molecular weight is 463 g/mol. The highest BCUT2D eigenvalue weighted by Crippen LogP contribution is 2.22. The van der Waals surface area contributed by atoms with Gasteiger partial charge in [0.2, 0.25) is 0 Å². The maximum absolute atomic E-state index is 13.9. The summed E-state index contributed by atoms with van der Waals surface area (Å²) in [5.74, 6) is -0.601. The highest BCUT2D eigenvalue weighted by atomic mass is 19.1. The van der Waals surface area contributed by atoms with E-state index in [-0.39, 0.29) is 5.69 Å². The van der Waals surface area contributed by atoms with Gasteiger partial charge in [-0.3, -0.25) is 9.47 Å².